The number of carbonyl (C=O) groups is 1. The van der Waals surface area contributed by atoms with Crippen molar-refractivity contribution >= 4 is 54.0 Å². The number of likely N-dealkylation sites (N-methyl/N-ethyl adjacent to an activating group) is 1. The molecule has 31 heavy (non-hydrogen) atoms. The fraction of sp³-hybridized carbons (Fsp3) is 0.333. The summed E-state index contributed by atoms with van der Waals surface area (Å²) in [6.07, 6.45) is 0.209. The molecule has 1 amide bonds. The molecular weight excluding hydrogens is 461 g/mol. The molecule has 0 N–H and O–H groups in total. The maximum absolute atomic E-state index is 13.1. The standard InChI is InChI=1S/C21H23ClFN3O3S2/c1-25(2)12-13-26(21-24-20-17(22)5-3-6-18(20)30-21)19(27)7-4-14-31(28,29)16-10-8-15(23)9-11-16/h3,5-6,8-11H,4,7,12-14H2,1-2H3. The molecule has 0 radical (unpaired) electrons. The summed E-state index contributed by atoms with van der Waals surface area (Å²) >= 11 is 7.60. The van der Waals surface area contributed by atoms with Crippen LogP contribution in [0.4, 0.5) is 9.52 Å². The van der Waals surface area contributed by atoms with E-state index in [4.69, 9.17) is 11.6 Å². The molecule has 0 saturated carbocycles. The molecule has 10 heteroatoms. The number of aromatic nitrogens is 1. The van der Waals surface area contributed by atoms with Gasteiger partial charge in [0, 0.05) is 19.5 Å². The Kier molecular flexibility index (Phi) is 7.64. The molecule has 3 rings (SSSR count). The van der Waals surface area contributed by atoms with E-state index in [1.54, 1.807) is 11.0 Å². The number of amides is 1. The van der Waals surface area contributed by atoms with Gasteiger partial charge in [0.25, 0.3) is 0 Å². The van der Waals surface area contributed by atoms with E-state index in [1.807, 2.05) is 31.1 Å². The summed E-state index contributed by atoms with van der Waals surface area (Å²) in [5.41, 5.74) is 0.644. The number of thiazole rings is 1. The van der Waals surface area contributed by atoms with Gasteiger partial charge in [0.05, 0.1) is 20.4 Å². The highest BCUT2D eigenvalue weighted by Gasteiger charge is 2.22. The number of carbonyl (C=O) groups excluding carboxylic acids is 1. The van der Waals surface area contributed by atoms with Crippen LogP contribution < -0.4 is 4.90 Å². The fourth-order valence-electron chi connectivity index (χ4n) is 2.95. The van der Waals surface area contributed by atoms with E-state index in [0.717, 1.165) is 16.8 Å². The Morgan fingerprint density at radius 1 is 1.13 bits per heavy atom. The predicted molar refractivity (Wildman–Crippen MR) is 123 cm³/mol. The molecule has 0 aliphatic carbocycles. The Bertz CT molecular complexity index is 1160. The van der Waals surface area contributed by atoms with Gasteiger partial charge in [-0.05, 0) is 56.9 Å². The second-order valence-electron chi connectivity index (χ2n) is 7.31. The average Bonchev–Trinajstić information content (AvgIpc) is 3.13. The molecule has 0 unspecified atom stereocenters. The number of fused-ring (bicyclic) bond motifs is 1. The topological polar surface area (TPSA) is 70.6 Å². The Hall–Kier alpha value is -2.07. The maximum atomic E-state index is 13.1. The van der Waals surface area contributed by atoms with E-state index < -0.39 is 15.7 Å². The number of hydrogen-bond acceptors (Lipinski definition) is 6. The van der Waals surface area contributed by atoms with Crippen LogP contribution in [0.3, 0.4) is 0 Å². The molecule has 0 fully saturated rings. The van der Waals surface area contributed by atoms with Crippen molar-refractivity contribution in [2.24, 2.45) is 0 Å². The zero-order valence-corrected chi connectivity index (χ0v) is 19.6. The van der Waals surface area contributed by atoms with Gasteiger partial charge < -0.3 is 4.90 Å². The van der Waals surface area contributed by atoms with E-state index in [-0.39, 0.29) is 29.4 Å². The van der Waals surface area contributed by atoms with Gasteiger partial charge in [-0.1, -0.05) is 29.0 Å². The van der Waals surface area contributed by atoms with Gasteiger partial charge in [0.1, 0.15) is 11.3 Å². The summed E-state index contributed by atoms with van der Waals surface area (Å²) in [5.74, 6) is -0.898. The smallest absolute Gasteiger partial charge is 0.228 e. The van der Waals surface area contributed by atoms with E-state index >= 15 is 0 Å². The molecule has 1 aromatic heterocycles. The van der Waals surface area contributed by atoms with Crippen LogP contribution in [0.15, 0.2) is 47.4 Å². The monoisotopic (exact) mass is 483 g/mol. The lowest BCUT2D eigenvalue weighted by Crippen LogP contribution is -2.36. The molecule has 1 heterocycles. The minimum Gasteiger partial charge on any atom is -0.308 e. The van der Waals surface area contributed by atoms with Crippen molar-refractivity contribution in [2.45, 2.75) is 17.7 Å². The van der Waals surface area contributed by atoms with Crippen LogP contribution >= 0.6 is 22.9 Å². The van der Waals surface area contributed by atoms with Crippen LogP contribution in [0.2, 0.25) is 5.02 Å². The molecule has 6 nitrogen and oxygen atoms in total. The average molecular weight is 484 g/mol. The molecule has 0 atom stereocenters. The number of sulfone groups is 1. The zero-order chi connectivity index (χ0) is 22.6. The van der Waals surface area contributed by atoms with Crippen LogP contribution in [0.25, 0.3) is 10.2 Å². The zero-order valence-electron chi connectivity index (χ0n) is 17.2. The molecule has 3 aromatic rings. The maximum Gasteiger partial charge on any atom is 0.228 e. The lowest BCUT2D eigenvalue weighted by molar-refractivity contribution is -0.118. The summed E-state index contributed by atoms with van der Waals surface area (Å²) in [4.78, 5) is 21.1. The van der Waals surface area contributed by atoms with E-state index in [9.17, 15) is 17.6 Å². The summed E-state index contributed by atoms with van der Waals surface area (Å²) in [6, 6.07) is 10.2. The van der Waals surface area contributed by atoms with Crippen LogP contribution in [0.1, 0.15) is 12.8 Å². The molecular formula is C21H23ClFN3O3S2. The first-order valence-corrected chi connectivity index (χ1v) is 12.5. The third kappa shape index (κ3) is 6.00. The first-order chi connectivity index (χ1) is 14.7. The Morgan fingerprint density at radius 2 is 1.84 bits per heavy atom. The molecule has 0 saturated heterocycles. The van der Waals surface area contributed by atoms with Crippen molar-refractivity contribution in [1.82, 2.24) is 9.88 Å². The highest BCUT2D eigenvalue weighted by molar-refractivity contribution is 7.91. The highest BCUT2D eigenvalue weighted by atomic mass is 35.5. The van der Waals surface area contributed by atoms with Crippen LogP contribution in [-0.4, -0.2) is 57.1 Å². The first kappa shape index (κ1) is 23.6. The minimum atomic E-state index is -3.59. The van der Waals surface area contributed by atoms with E-state index in [0.29, 0.717) is 28.8 Å². The third-order valence-corrected chi connectivity index (χ3v) is 7.80. The summed E-state index contributed by atoms with van der Waals surface area (Å²) in [6.45, 7) is 1.05. The number of para-hydroxylation sites is 1. The van der Waals surface area contributed by atoms with Gasteiger partial charge in [-0.25, -0.2) is 17.8 Å². The normalized spacial score (nSPS) is 11.9. The van der Waals surface area contributed by atoms with Gasteiger partial charge in [-0.3, -0.25) is 9.69 Å². The number of anilines is 1. The fourth-order valence-corrected chi connectivity index (χ4v) is 5.57. The van der Waals surface area contributed by atoms with Crippen molar-refractivity contribution in [3.8, 4) is 0 Å². The van der Waals surface area contributed by atoms with Gasteiger partial charge >= 0.3 is 0 Å². The number of halogens is 2. The number of benzene rings is 2. The van der Waals surface area contributed by atoms with Crippen LogP contribution in [-0.2, 0) is 14.6 Å². The predicted octanol–water partition coefficient (Wildman–Crippen LogP) is 4.24. The largest absolute Gasteiger partial charge is 0.308 e. The summed E-state index contributed by atoms with van der Waals surface area (Å²) in [7, 11) is 0.229. The summed E-state index contributed by atoms with van der Waals surface area (Å²) < 4.78 is 38.8. The lowest BCUT2D eigenvalue weighted by Gasteiger charge is -2.22. The Labute approximate surface area is 190 Å². The Morgan fingerprint density at radius 3 is 2.48 bits per heavy atom. The van der Waals surface area contributed by atoms with Crippen molar-refractivity contribution in [3.63, 3.8) is 0 Å². The van der Waals surface area contributed by atoms with E-state index in [1.165, 1.54) is 23.5 Å². The minimum absolute atomic E-state index is 0.0478. The van der Waals surface area contributed by atoms with Crippen molar-refractivity contribution in [3.05, 3.63) is 53.3 Å². The second kappa shape index (κ2) is 10.0. The number of nitrogens with zero attached hydrogens (tertiary/aromatic N) is 3. The molecule has 0 bridgehead atoms. The lowest BCUT2D eigenvalue weighted by atomic mass is 10.3. The summed E-state index contributed by atoms with van der Waals surface area (Å²) in [5, 5.41) is 1.06. The number of hydrogen-bond donors (Lipinski definition) is 0. The molecule has 166 valence electrons. The van der Waals surface area contributed by atoms with Gasteiger partial charge in [0.15, 0.2) is 15.0 Å². The highest BCUT2D eigenvalue weighted by Crippen LogP contribution is 2.33. The molecule has 0 spiro atoms. The van der Waals surface area contributed by atoms with Crippen molar-refractivity contribution in [2.75, 3.05) is 37.8 Å². The van der Waals surface area contributed by atoms with Crippen LogP contribution in [0.5, 0.6) is 0 Å². The van der Waals surface area contributed by atoms with Gasteiger partial charge in [-0.15, -0.1) is 0 Å². The van der Waals surface area contributed by atoms with Crippen molar-refractivity contribution < 1.29 is 17.6 Å². The van der Waals surface area contributed by atoms with Gasteiger partial charge in [0.2, 0.25) is 5.91 Å². The molecule has 0 aliphatic rings. The Balaban J connectivity index is 1.72. The van der Waals surface area contributed by atoms with Crippen molar-refractivity contribution in [1.29, 1.82) is 0 Å². The first-order valence-electron chi connectivity index (χ1n) is 9.66. The van der Waals surface area contributed by atoms with E-state index in [2.05, 4.69) is 4.98 Å². The molecule has 0 aliphatic heterocycles. The third-order valence-electron chi connectivity index (χ3n) is 4.64. The quantitative estimate of drug-likeness (QED) is 0.426. The van der Waals surface area contributed by atoms with Crippen LogP contribution in [0, 0.1) is 5.82 Å². The second-order valence-corrected chi connectivity index (χ2v) is 10.8. The van der Waals surface area contributed by atoms with Gasteiger partial charge in [-0.2, -0.15) is 0 Å². The SMILES string of the molecule is CN(C)CCN(C(=O)CCCS(=O)(=O)c1ccc(F)cc1)c1nc2c(Cl)cccc2s1. The molecule has 2 aromatic carbocycles. The number of rotatable bonds is 9.